The molecule has 1 aliphatic rings. The summed E-state index contributed by atoms with van der Waals surface area (Å²) in [5, 5.41) is 5.58. The summed E-state index contributed by atoms with van der Waals surface area (Å²) < 4.78 is 0. The first-order chi connectivity index (χ1) is 13.6. The molecule has 0 fully saturated rings. The third-order valence-corrected chi connectivity index (χ3v) is 6.00. The number of hydrogen-bond acceptors (Lipinski definition) is 3. The van der Waals surface area contributed by atoms with Gasteiger partial charge in [-0.15, -0.1) is 11.8 Å². The lowest BCUT2D eigenvalue weighted by molar-refractivity contribution is -0.118. The van der Waals surface area contributed by atoms with E-state index in [1.807, 2.05) is 54.6 Å². The second-order valence-corrected chi connectivity index (χ2v) is 8.15. The number of benzene rings is 3. The molecule has 0 spiro atoms. The number of anilines is 1. The highest BCUT2D eigenvalue weighted by atomic mass is 35.5. The number of nitrogens with zero attached hydrogens (tertiary/aromatic N) is 1. The number of halogens is 1. The fraction of sp³-hybridized carbons (Fsp3) is 0.182. The Balaban J connectivity index is 1.38. The maximum Gasteiger partial charge on any atom is 0.251 e. The van der Waals surface area contributed by atoms with E-state index < -0.39 is 0 Å². The number of carbonyl (C=O) groups excluding carboxylic acids is 2. The van der Waals surface area contributed by atoms with Crippen LogP contribution >= 0.6 is 23.4 Å². The van der Waals surface area contributed by atoms with Crippen molar-refractivity contribution in [2.75, 3.05) is 23.7 Å². The van der Waals surface area contributed by atoms with Crippen molar-refractivity contribution >= 4 is 51.6 Å². The first kappa shape index (κ1) is 18.8. The van der Waals surface area contributed by atoms with Gasteiger partial charge in [-0.25, -0.2) is 0 Å². The van der Waals surface area contributed by atoms with Crippen LogP contribution in [0.5, 0.6) is 0 Å². The van der Waals surface area contributed by atoms with Gasteiger partial charge in [-0.2, -0.15) is 0 Å². The molecule has 1 heterocycles. The average molecular weight is 411 g/mol. The molecule has 1 N–H and O–H groups in total. The van der Waals surface area contributed by atoms with Gasteiger partial charge in [-0.05, 0) is 41.1 Å². The van der Waals surface area contributed by atoms with E-state index in [4.69, 9.17) is 11.6 Å². The van der Waals surface area contributed by atoms with Crippen LogP contribution in [0.2, 0.25) is 5.02 Å². The third kappa shape index (κ3) is 4.01. The molecule has 142 valence electrons. The van der Waals surface area contributed by atoms with Crippen molar-refractivity contribution in [1.82, 2.24) is 5.32 Å². The van der Waals surface area contributed by atoms with E-state index in [2.05, 4.69) is 5.32 Å². The molecule has 0 radical (unpaired) electrons. The standard InChI is InChI=1S/C22H19ClN2O2S/c23-18-7-8-20-19(14-18)25(11-12-28-20)21(26)9-10-24-22(27)17-6-5-15-3-1-2-4-16(15)13-17/h1-8,13-14H,9-12H2,(H,24,27). The minimum Gasteiger partial charge on any atom is -0.352 e. The fourth-order valence-corrected chi connectivity index (χ4v) is 4.44. The topological polar surface area (TPSA) is 49.4 Å². The van der Waals surface area contributed by atoms with Gasteiger partial charge in [0.15, 0.2) is 0 Å². The van der Waals surface area contributed by atoms with Crippen LogP contribution in [0.4, 0.5) is 5.69 Å². The summed E-state index contributed by atoms with van der Waals surface area (Å²) in [6.07, 6.45) is 0.246. The van der Waals surface area contributed by atoms with Crippen LogP contribution in [0, 0.1) is 0 Å². The van der Waals surface area contributed by atoms with E-state index in [1.54, 1.807) is 22.7 Å². The molecule has 4 rings (SSSR count). The van der Waals surface area contributed by atoms with Gasteiger partial charge in [-0.3, -0.25) is 9.59 Å². The molecule has 6 heteroatoms. The van der Waals surface area contributed by atoms with Crippen LogP contribution in [0.25, 0.3) is 10.8 Å². The van der Waals surface area contributed by atoms with Gasteiger partial charge in [0, 0.05) is 40.7 Å². The summed E-state index contributed by atoms with van der Waals surface area (Å²) in [5.41, 5.74) is 1.45. The minimum atomic E-state index is -0.170. The van der Waals surface area contributed by atoms with E-state index in [1.165, 1.54) is 0 Å². The molecular formula is C22H19ClN2O2S. The third-order valence-electron chi connectivity index (χ3n) is 4.72. The Morgan fingerprint density at radius 3 is 2.71 bits per heavy atom. The normalized spacial score (nSPS) is 13.2. The van der Waals surface area contributed by atoms with Crippen molar-refractivity contribution < 1.29 is 9.59 Å². The lowest BCUT2D eigenvalue weighted by Gasteiger charge is -2.29. The summed E-state index contributed by atoms with van der Waals surface area (Å²) in [4.78, 5) is 27.9. The quantitative estimate of drug-likeness (QED) is 0.675. The molecule has 0 unspecified atom stereocenters. The number of hydrogen-bond donors (Lipinski definition) is 1. The van der Waals surface area contributed by atoms with Crippen LogP contribution in [0.1, 0.15) is 16.8 Å². The molecule has 1 aliphatic heterocycles. The van der Waals surface area contributed by atoms with Crippen molar-refractivity contribution in [3.05, 3.63) is 71.2 Å². The minimum absolute atomic E-state index is 0.0115. The number of fused-ring (bicyclic) bond motifs is 2. The van der Waals surface area contributed by atoms with E-state index in [-0.39, 0.29) is 18.2 Å². The van der Waals surface area contributed by atoms with E-state index in [0.29, 0.717) is 23.7 Å². The molecule has 28 heavy (non-hydrogen) atoms. The van der Waals surface area contributed by atoms with Gasteiger partial charge in [0.05, 0.1) is 5.69 Å². The highest BCUT2D eigenvalue weighted by molar-refractivity contribution is 7.99. The van der Waals surface area contributed by atoms with Crippen molar-refractivity contribution in [2.24, 2.45) is 0 Å². The molecule has 0 aliphatic carbocycles. The smallest absolute Gasteiger partial charge is 0.251 e. The summed E-state index contributed by atoms with van der Waals surface area (Å²) in [6, 6.07) is 19.1. The monoisotopic (exact) mass is 410 g/mol. The first-order valence-electron chi connectivity index (χ1n) is 9.11. The molecule has 0 saturated heterocycles. The zero-order valence-electron chi connectivity index (χ0n) is 15.2. The Morgan fingerprint density at radius 2 is 1.86 bits per heavy atom. The molecule has 3 aromatic carbocycles. The summed E-state index contributed by atoms with van der Waals surface area (Å²) in [7, 11) is 0. The van der Waals surface area contributed by atoms with Gasteiger partial charge in [0.25, 0.3) is 5.91 Å². The van der Waals surface area contributed by atoms with Crippen LogP contribution in [0.15, 0.2) is 65.6 Å². The molecule has 3 aromatic rings. The van der Waals surface area contributed by atoms with Crippen LogP contribution in [0.3, 0.4) is 0 Å². The Bertz CT molecular complexity index is 1050. The Labute approximate surface area is 172 Å². The van der Waals surface area contributed by atoms with Crippen LogP contribution < -0.4 is 10.2 Å². The van der Waals surface area contributed by atoms with Gasteiger partial charge >= 0.3 is 0 Å². The zero-order valence-corrected chi connectivity index (χ0v) is 16.7. The van der Waals surface area contributed by atoms with Crippen LogP contribution in [-0.4, -0.2) is 30.7 Å². The van der Waals surface area contributed by atoms with Crippen molar-refractivity contribution in [3.63, 3.8) is 0 Å². The number of nitrogens with one attached hydrogen (secondary N) is 1. The van der Waals surface area contributed by atoms with E-state index in [9.17, 15) is 9.59 Å². The SMILES string of the molecule is O=C(NCCC(=O)N1CCSc2ccc(Cl)cc21)c1ccc2ccccc2c1. The number of amides is 2. The number of carbonyl (C=O) groups is 2. The predicted octanol–water partition coefficient (Wildman–Crippen LogP) is 4.75. The van der Waals surface area contributed by atoms with Crippen molar-refractivity contribution in [2.45, 2.75) is 11.3 Å². The summed E-state index contributed by atoms with van der Waals surface area (Å²) in [6.45, 7) is 0.944. The summed E-state index contributed by atoms with van der Waals surface area (Å²) in [5.74, 6) is 0.669. The molecule has 4 nitrogen and oxygen atoms in total. The average Bonchev–Trinajstić information content (AvgIpc) is 2.72. The number of thioether (sulfide) groups is 1. The van der Waals surface area contributed by atoms with Crippen molar-refractivity contribution in [3.8, 4) is 0 Å². The number of rotatable bonds is 4. The van der Waals surface area contributed by atoms with Gasteiger partial charge in [-0.1, -0.05) is 41.9 Å². The maximum atomic E-state index is 12.7. The predicted molar refractivity (Wildman–Crippen MR) is 115 cm³/mol. The lowest BCUT2D eigenvalue weighted by Crippen LogP contribution is -2.37. The van der Waals surface area contributed by atoms with Gasteiger partial charge < -0.3 is 10.2 Å². The Kier molecular flexibility index (Phi) is 5.55. The highest BCUT2D eigenvalue weighted by Crippen LogP contribution is 2.36. The van der Waals surface area contributed by atoms with Gasteiger partial charge in [0.1, 0.15) is 0 Å². The molecule has 0 atom stereocenters. The Hall–Kier alpha value is -2.50. The lowest BCUT2D eigenvalue weighted by atomic mass is 10.1. The van der Waals surface area contributed by atoms with Crippen molar-refractivity contribution in [1.29, 1.82) is 0 Å². The van der Waals surface area contributed by atoms with Gasteiger partial charge in [0.2, 0.25) is 5.91 Å². The van der Waals surface area contributed by atoms with Crippen LogP contribution in [-0.2, 0) is 4.79 Å². The summed E-state index contributed by atoms with van der Waals surface area (Å²) >= 11 is 7.82. The molecular weight excluding hydrogens is 392 g/mol. The fourth-order valence-electron chi connectivity index (χ4n) is 3.30. The van der Waals surface area contributed by atoms with E-state index in [0.717, 1.165) is 27.1 Å². The molecule has 2 amide bonds. The van der Waals surface area contributed by atoms with E-state index >= 15 is 0 Å². The Morgan fingerprint density at radius 1 is 1.04 bits per heavy atom. The zero-order chi connectivity index (χ0) is 19.5. The molecule has 0 aromatic heterocycles. The molecule has 0 saturated carbocycles. The second-order valence-electron chi connectivity index (χ2n) is 6.57. The largest absolute Gasteiger partial charge is 0.352 e. The molecule has 0 bridgehead atoms. The first-order valence-corrected chi connectivity index (χ1v) is 10.5. The second kappa shape index (κ2) is 8.25. The maximum absolute atomic E-state index is 12.7. The highest BCUT2D eigenvalue weighted by Gasteiger charge is 2.23.